The highest BCUT2D eigenvalue weighted by Crippen LogP contribution is 2.41. The summed E-state index contributed by atoms with van der Waals surface area (Å²) in [5.74, 6) is -1.48. The van der Waals surface area contributed by atoms with Gasteiger partial charge in [0.25, 0.3) is 11.7 Å². The maximum Gasteiger partial charge on any atom is 0.295 e. The van der Waals surface area contributed by atoms with Gasteiger partial charge in [0, 0.05) is 12.6 Å². The van der Waals surface area contributed by atoms with Crippen LogP contribution in [0.4, 0.5) is 4.39 Å². The van der Waals surface area contributed by atoms with Crippen LogP contribution in [0.1, 0.15) is 23.6 Å². The molecule has 0 unspecified atom stereocenters. The number of aliphatic hydroxyl groups excluding tert-OH is 1. The highest BCUT2D eigenvalue weighted by molar-refractivity contribution is 6.46. The van der Waals surface area contributed by atoms with Gasteiger partial charge in [0.1, 0.15) is 23.1 Å². The molecule has 170 valence electrons. The number of methoxy groups -OCH3 is 2. The molecule has 0 bridgehead atoms. The molecular formula is C24H27FN2O5. The number of ether oxygens (including phenoxy) is 2. The van der Waals surface area contributed by atoms with Crippen LogP contribution < -0.4 is 9.47 Å². The average Bonchev–Trinajstić information content (AvgIpc) is 3.03. The number of nitrogens with zero attached hydrogens (tertiary/aromatic N) is 2. The van der Waals surface area contributed by atoms with E-state index in [-0.39, 0.29) is 16.9 Å². The predicted molar refractivity (Wildman–Crippen MR) is 118 cm³/mol. The zero-order valence-corrected chi connectivity index (χ0v) is 18.6. The molecule has 3 rings (SSSR count). The molecule has 1 amide bonds. The average molecular weight is 442 g/mol. The third kappa shape index (κ3) is 4.60. The maximum atomic E-state index is 13.6. The van der Waals surface area contributed by atoms with E-state index in [1.807, 2.05) is 19.0 Å². The van der Waals surface area contributed by atoms with Crippen molar-refractivity contribution < 1.29 is 28.6 Å². The van der Waals surface area contributed by atoms with E-state index < -0.39 is 23.5 Å². The first-order chi connectivity index (χ1) is 15.3. The maximum absolute atomic E-state index is 13.6. The van der Waals surface area contributed by atoms with Crippen molar-refractivity contribution in [1.82, 2.24) is 9.80 Å². The number of likely N-dealkylation sites (tertiary alicyclic amines) is 1. The first-order valence-corrected chi connectivity index (χ1v) is 10.2. The van der Waals surface area contributed by atoms with E-state index in [9.17, 15) is 19.1 Å². The van der Waals surface area contributed by atoms with Crippen LogP contribution >= 0.6 is 0 Å². The second-order valence-corrected chi connectivity index (χ2v) is 7.77. The zero-order valence-electron chi connectivity index (χ0n) is 18.6. The van der Waals surface area contributed by atoms with Gasteiger partial charge in [0.2, 0.25) is 0 Å². The fourth-order valence-corrected chi connectivity index (χ4v) is 3.80. The largest absolute Gasteiger partial charge is 0.507 e. The Hall–Kier alpha value is -3.39. The molecule has 0 radical (unpaired) electrons. The summed E-state index contributed by atoms with van der Waals surface area (Å²) < 4.78 is 24.1. The van der Waals surface area contributed by atoms with E-state index in [4.69, 9.17) is 9.47 Å². The van der Waals surface area contributed by atoms with E-state index in [0.29, 0.717) is 36.6 Å². The summed E-state index contributed by atoms with van der Waals surface area (Å²) in [6.07, 6.45) is 0.629. The van der Waals surface area contributed by atoms with E-state index >= 15 is 0 Å². The number of carbonyl (C=O) groups is 2. The summed E-state index contributed by atoms with van der Waals surface area (Å²) in [6.45, 7) is 1.02. The molecule has 0 aliphatic carbocycles. The number of rotatable bonds is 8. The fraction of sp³-hybridized carbons (Fsp3) is 0.333. The molecule has 1 saturated heterocycles. The van der Waals surface area contributed by atoms with Crippen LogP contribution in [0.25, 0.3) is 5.76 Å². The molecule has 2 aromatic carbocycles. The van der Waals surface area contributed by atoms with Crippen molar-refractivity contribution >= 4 is 17.4 Å². The van der Waals surface area contributed by atoms with Crippen LogP contribution in [0.15, 0.2) is 48.0 Å². The second-order valence-electron chi connectivity index (χ2n) is 7.77. The Balaban J connectivity index is 2.13. The number of aliphatic hydroxyl groups is 1. The van der Waals surface area contributed by atoms with Crippen LogP contribution in [0.2, 0.25) is 0 Å². The fourth-order valence-electron chi connectivity index (χ4n) is 3.80. The van der Waals surface area contributed by atoms with E-state index in [1.54, 1.807) is 18.2 Å². The van der Waals surface area contributed by atoms with Gasteiger partial charge in [-0.2, -0.15) is 0 Å². The smallest absolute Gasteiger partial charge is 0.295 e. The van der Waals surface area contributed by atoms with Gasteiger partial charge in [-0.3, -0.25) is 9.59 Å². The van der Waals surface area contributed by atoms with Gasteiger partial charge >= 0.3 is 0 Å². The monoisotopic (exact) mass is 442 g/mol. The van der Waals surface area contributed by atoms with Crippen LogP contribution in [0.3, 0.4) is 0 Å². The summed E-state index contributed by atoms with van der Waals surface area (Å²) in [5.41, 5.74) is 0.728. The van der Waals surface area contributed by atoms with Crippen molar-refractivity contribution in [2.45, 2.75) is 12.5 Å². The van der Waals surface area contributed by atoms with Gasteiger partial charge in [-0.25, -0.2) is 4.39 Å². The minimum atomic E-state index is -0.843. The molecule has 0 aromatic heterocycles. The van der Waals surface area contributed by atoms with Crippen LogP contribution in [0, 0.1) is 5.82 Å². The lowest BCUT2D eigenvalue weighted by Crippen LogP contribution is -2.32. The lowest BCUT2D eigenvalue weighted by molar-refractivity contribution is -0.139. The number of Topliss-reactive ketones (excluding diaryl/α,β-unsaturated/α-hetero) is 1. The van der Waals surface area contributed by atoms with Crippen molar-refractivity contribution in [2.24, 2.45) is 0 Å². The van der Waals surface area contributed by atoms with Crippen molar-refractivity contribution in [3.63, 3.8) is 0 Å². The van der Waals surface area contributed by atoms with Crippen LogP contribution in [-0.4, -0.2) is 68.0 Å². The van der Waals surface area contributed by atoms with Gasteiger partial charge in [0.05, 0.1) is 31.4 Å². The Morgan fingerprint density at radius 1 is 1.09 bits per heavy atom. The molecule has 2 aromatic rings. The van der Waals surface area contributed by atoms with Crippen molar-refractivity contribution in [1.29, 1.82) is 0 Å². The SMILES string of the molecule is COc1ccc(/C(O)=C2\C(=O)C(=O)N(CCCN(C)C)[C@H]2c2ccc(F)cc2)c(OC)c1. The zero-order chi connectivity index (χ0) is 23.4. The molecule has 1 aliphatic heterocycles. The predicted octanol–water partition coefficient (Wildman–Crippen LogP) is 3.22. The standard InChI is InChI=1S/C24H27FN2O5/c1-26(2)12-5-13-27-21(15-6-8-16(25)9-7-15)20(23(29)24(27)30)22(28)18-11-10-17(31-3)14-19(18)32-4/h6-11,14,21,28H,5,12-13H2,1-4H3/b22-20+/t21-/m0/s1. The minimum absolute atomic E-state index is 0.0603. The third-order valence-electron chi connectivity index (χ3n) is 5.39. The Kier molecular flexibility index (Phi) is 7.15. The van der Waals surface area contributed by atoms with Gasteiger partial charge < -0.3 is 24.4 Å². The molecule has 8 heteroatoms. The Morgan fingerprint density at radius 2 is 1.78 bits per heavy atom. The molecule has 0 saturated carbocycles. The minimum Gasteiger partial charge on any atom is -0.507 e. The molecule has 1 N–H and O–H groups in total. The number of hydrogen-bond donors (Lipinski definition) is 1. The summed E-state index contributed by atoms with van der Waals surface area (Å²) in [7, 11) is 6.77. The first kappa shape index (κ1) is 23.3. The van der Waals surface area contributed by atoms with E-state index in [2.05, 4.69) is 0 Å². The lowest BCUT2D eigenvalue weighted by Gasteiger charge is -2.26. The summed E-state index contributed by atoms with van der Waals surface area (Å²) in [4.78, 5) is 29.4. The molecule has 1 aliphatic rings. The molecule has 0 spiro atoms. The number of ketones is 1. The second kappa shape index (κ2) is 9.82. The number of amides is 1. The summed E-state index contributed by atoms with van der Waals surface area (Å²) in [5, 5.41) is 11.2. The summed E-state index contributed by atoms with van der Waals surface area (Å²) in [6, 6.07) is 9.49. The van der Waals surface area contributed by atoms with Crippen LogP contribution in [0.5, 0.6) is 11.5 Å². The molecule has 1 fully saturated rings. The third-order valence-corrected chi connectivity index (χ3v) is 5.39. The van der Waals surface area contributed by atoms with Gasteiger partial charge in [0.15, 0.2) is 0 Å². The van der Waals surface area contributed by atoms with E-state index in [1.165, 1.54) is 43.4 Å². The molecule has 1 atom stereocenters. The molecule has 32 heavy (non-hydrogen) atoms. The topological polar surface area (TPSA) is 79.3 Å². The van der Waals surface area contributed by atoms with Gasteiger partial charge in [-0.15, -0.1) is 0 Å². The van der Waals surface area contributed by atoms with Gasteiger partial charge in [-0.1, -0.05) is 12.1 Å². The molecular weight excluding hydrogens is 415 g/mol. The Morgan fingerprint density at radius 3 is 2.38 bits per heavy atom. The molecule has 1 heterocycles. The number of hydrogen-bond acceptors (Lipinski definition) is 6. The number of benzene rings is 2. The van der Waals surface area contributed by atoms with Crippen molar-refractivity contribution in [3.05, 3.63) is 65.0 Å². The van der Waals surface area contributed by atoms with Crippen molar-refractivity contribution in [2.75, 3.05) is 41.4 Å². The Labute approximate surface area is 186 Å². The quantitative estimate of drug-likeness (QED) is 0.384. The highest BCUT2D eigenvalue weighted by atomic mass is 19.1. The number of halogens is 1. The lowest BCUT2D eigenvalue weighted by atomic mass is 9.95. The van der Waals surface area contributed by atoms with E-state index in [0.717, 1.165) is 0 Å². The Bertz CT molecular complexity index is 1030. The van der Waals surface area contributed by atoms with Crippen molar-refractivity contribution in [3.8, 4) is 11.5 Å². The first-order valence-electron chi connectivity index (χ1n) is 10.2. The normalized spacial score (nSPS) is 17.8. The van der Waals surface area contributed by atoms with Gasteiger partial charge in [-0.05, 0) is 56.9 Å². The molecule has 7 nitrogen and oxygen atoms in total. The summed E-state index contributed by atoms with van der Waals surface area (Å²) >= 11 is 0. The number of carbonyl (C=O) groups excluding carboxylic acids is 2. The highest BCUT2D eigenvalue weighted by Gasteiger charge is 2.46. The van der Waals surface area contributed by atoms with Crippen LogP contribution in [-0.2, 0) is 9.59 Å².